The second-order valence-electron chi connectivity index (χ2n) is 3.89. The Bertz CT molecular complexity index is 453. The van der Waals surface area contributed by atoms with Crippen LogP contribution in [0.2, 0.25) is 0 Å². The number of rotatable bonds is 5. The molecule has 0 aliphatic rings. The molecule has 0 amide bonds. The van der Waals surface area contributed by atoms with E-state index >= 15 is 0 Å². The summed E-state index contributed by atoms with van der Waals surface area (Å²) in [5.74, 6) is 0. The molecule has 0 aliphatic carbocycles. The Morgan fingerprint density at radius 3 is 2.65 bits per heavy atom. The highest BCUT2D eigenvalue weighted by molar-refractivity contribution is 5.32. The van der Waals surface area contributed by atoms with Crippen molar-refractivity contribution < 1.29 is 10.2 Å². The van der Waals surface area contributed by atoms with Gasteiger partial charge in [-0.2, -0.15) is 5.10 Å². The van der Waals surface area contributed by atoms with Crippen LogP contribution in [0.15, 0.2) is 42.6 Å². The van der Waals surface area contributed by atoms with E-state index in [2.05, 4.69) is 5.10 Å². The molecule has 0 aliphatic heterocycles. The largest absolute Gasteiger partial charge is 0.396 e. The summed E-state index contributed by atoms with van der Waals surface area (Å²) in [7, 11) is 0. The first kappa shape index (κ1) is 11.8. The molecule has 1 aromatic heterocycles. The molecule has 0 fully saturated rings. The Morgan fingerprint density at radius 2 is 1.94 bits per heavy atom. The highest BCUT2D eigenvalue weighted by Gasteiger charge is 2.13. The maximum Gasteiger partial charge on any atom is 0.0962 e. The van der Waals surface area contributed by atoms with Crippen LogP contribution in [-0.2, 0) is 0 Å². The van der Waals surface area contributed by atoms with Crippen molar-refractivity contribution in [3.05, 3.63) is 48.3 Å². The van der Waals surface area contributed by atoms with Gasteiger partial charge >= 0.3 is 0 Å². The first-order valence-electron chi connectivity index (χ1n) is 5.71. The molecule has 1 aromatic carbocycles. The van der Waals surface area contributed by atoms with Crippen LogP contribution in [0.1, 0.15) is 24.6 Å². The van der Waals surface area contributed by atoms with E-state index < -0.39 is 6.10 Å². The van der Waals surface area contributed by atoms with E-state index in [-0.39, 0.29) is 6.61 Å². The minimum Gasteiger partial charge on any atom is -0.396 e. The van der Waals surface area contributed by atoms with Crippen molar-refractivity contribution in [1.29, 1.82) is 0 Å². The highest BCUT2D eigenvalue weighted by atomic mass is 16.3. The summed E-state index contributed by atoms with van der Waals surface area (Å²) in [6.45, 7) is 0.0938. The number of aliphatic hydroxyl groups excluding tert-OH is 2. The van der Waals surface area contributed by atoms with Crippen molar-refractivity contribution >= 4 is 0 Å². The molecule has 1 unspecified atom stereocenters. The van der Waals surface area contributed by atoms with E-state index in [9.17, 15) is 5.11 Å². The topological polar surface area (TPSA) is 58.3 Å². The summed E-state index contributed by atoms with van der Waals surface area (Å²) >= 11 is 0. The van der Waals surface area contributed by atoms with E-state index in [0.29, 0.717) is 12.8 Å². The van der Waals surface area contributed by atoms with Crippen molar-refractivity contribution in [1.82, 2.24) is 9.78 Å². The lowest BCUT2D eigenvalue weighted by molar-refractivity contribution is 0.145. The molecule has 0 spiro atoms. The minimum absolute atomic E-state index is 0.0938. The van der Waals surface area contributed by atoms with Crippen molar-refractivity contribution in [3.8, 4) is 5.69 Å². The second-order valence-corrected chi connectivity index (χ2v) is 3.89. The summed E-state index contributed by atoms with van der Waals surface area (Å²) in [6, 6.07) is 11.5. The Balaban J connectivity index is 2.23. The average Bonchev–Trinajstić information content (AvgIpc) is 2.86. The van der Waals surface area contributed by atoms with Gasteiger partial charge in [0.15, 0.2) is 0 Å². The lowest BCUT2D eigenvalue weighted by Crippen LogP contribution is -2.07. The third-order valence-electron chi connectivity index (χ3n) is 2.65. The Morgan fingerprint density at radius 1 is 1.18 bits per heavy atom. The van der Waals surface area contributed by atoms with Gasteiger partial charge in [0.25, 0.3) is 0 Å². The van der Waals surface area contributed by atoms with Gasteiger partial charge < -0.3 is 10.2 Å². The van der Waals surface area contributed by atoms with Crippen LogP contribution in [0.5, 0.6) is 0 Å². The monoisotopic (exact) mass is 232 g/mol. The van der Waals surface area contributed by atoms with Gasteiger partial charge in [-0.15, -0.1) is 0 Å². The second kappa shape index (κ2) is 5.61. The van der Waals surface area contributed by atoms with Crippen molar-refractivity contribution in [2.75, 3.05) is 6.61 Å². The van der Waals surface area contributed by atoms with Crippen molar-refractivity contribution in [2.45, 2.75) is 18.9 Å². The minimum atomic E-state index is -0.593. The van der Waals surface area contributed by atoms with Gasteiger partial charge in [0.1, 0.15) is 0 Å². The van der Waals surface area contributed by atoms with Crippen LogP contribution in [-0.4, -0.2) is 26.6 Å². The van der Waals surface area contributed by atoms with Crippen LogP contribution in [0.3, 0.4) is 0 Å². The Kier molecular flexibility index (Phi) is 3.90. The fourth-order valence-electron chi connectivity index (χ4n) is 1.78. The van der Waals surface area contributed by atoms with E-state index in [1.54, 1.807) is 16.9 Å². The maximum atomic E-state index is 10.0. The summed E-state index contributed by atoms with van der Waals surface area (Å²) in [4.78, 5) is 0. The average molecular weight is 232 g/mol. The standard InChI is InChI=1S/C13H16N2O2/c16-10-4-7-13(17)12-8-9-14-15(12)11-5-2-1-3-6-11/h1-3,5-6,8-9,13,16-17H,4,7,10H2. The summed E-state index contributed by atoms with van der Waals surface area (Å²) in [5, 5.41) is 23.0. The lowest BCUT2D eigenvalue weighted by Gasteiger charge is -2.12. The number of nitrogens with zero attached hydrogens (tertiary/aromatic N) is 2. The summed E-state index contributed by atoms with van der Waals surface area (Å²) in [5.41, 5.74) is 1.68. The smallest absolute Gasteiger partial charge is 0.0962 e. The molecule has 0 radical (unpaired) electrons. The van der Waals surface area contributed by atoms with Gasteiger partial charge in [-0.05, 0) is 31.0 Å². The van der Waals surface area contributed by atoms with Gasteiger partial charge in [0, 0.05) is 12.8 Å². The molecular formula is C13H16N2O2. The predicted octanol–water partition coefficient (Wildman–Crippen LogP) is 1.68. The molecule has 1 heterocycles. The molecule has 0 bridgehead atoms. The van der Waals surface area contributed by atoms with E-state index in [1.807, 2.05) is 30.3 Å². The predicted molar refractivity (Wildman–Crippen MR) is 64.8 cm³/mol. The zero-order valence-electron chi connectivity index (χ0n) is 9.53. The number of aliphatic hydroxyl groups is 2. The molecule has 4 heteroatoms. The quantitative estimate of drug-likeness (QED) is 0.824. The first-order chi connectivity index (χ1) is 8.33. The van der Waals surface area contributed by atoms with Gasteiger partial charge in [-0.3, -0.25) is 0 Å². The molecule has 2 rings (SSSR count). The molecule has 0 saturated heterocycles. The number of hydrogen-bond acceptors (Lipinski definition) is 3. The summed E-state index contributed by atoms with van der Waals surface area (Å²) in [6.07, 6.45) is 2.20. The summed E-state index contributed by atoms with van der Waals surface area (Å²) < 4.78 is 1.72. The third-order valence-corrected chi connectivity index (χ3v) is 2.65. The van der Waals surface area contributed by atoms with Crippen molar-refractivity contribution in [2.24, 2.45) is 0 Å². The molecular weight excluding hydrogens is 216 g/mol. The van der Waals surface area contributed by atoms with Crippen LogP contribution >= 0.6 is 0 Å². The van der Waals surface area contributed by atoms with Crippen LogP contribution in [0.4, 0.5) is 0 Å². The van der Waals surface area contributed by atoms with Gasteiger partial charge in [-0.25, -0.2) is 4.68 Å². The Labute approximate surface area is 100 Å². The molecule has 17 heavy (non-hydrogen) atoms. The fraction of sp³-hybridized carbons (Fsp3) is 0.308. The van der Waals surface area contributed by atoms with Gasteiger partial charge in [0.2, 0.25) is 0 Å². The van der Waals surface area contributed by atoms with Crippen LogP contribution < -0.4 is 0 Å². The Hall–Kier alpha value is -1.65. The molecule has 90 valence electrons. The third kappa shape index (κ3) is 2.72. The van der Waals surface area contributed by atoms with E-state index in [1.165, 1.54) is 0 Å². The van der Waals surface area contributed by atoms with E-state index in [4.69, 9.17) is 5.11 Å². The first-order valence-corrected chi connectivity index (χ1v) is 5.71. The van der Waals surface area contributed by atoms with Gasteiger partial charge in [0.05, 0.1) is 17.5 Å². The van der Waals surface area contributed by atoms with Crippen LogP contribution in [0, 0.1) is 0 Å². The number of para-hydroxylation sites is 1. The fourth-order valence-corrected chi connectivity index (χ4v) is 1.78. The number of benzene rings is 1. The van der Waals surface area contributed by atoms with Gasteiger partial charge in [-0.1, -0.05) is 18.2 Å². The van der Waals surface area contributed by atoms with Crippen LogP contribution in [0.25, 0.3) is 5.69 Å². The molecule has 2 N–H and O–H groups in total. The van der Waals surface area contributed by atoms with Crippen molar-refractivity contribution in [3.63, 3.8) is 0 Å². The molecule has 0 saturated carbocycles. The zero-order chi connectivity index (χ0) is 12.1. The molecule has 1 atom stereocenters. The van der Waals surface area contributed by atoms with E-state index in [0.717, 1.165) is 11.4 Å². The molecule has 2 aromatic rings. The lowest BCUT2D eigenvalue weighted by atomic mass is 10.1. The zero-order valence-corrected chi connectivity index (χ0v) is 9.53. The normalized spacial score (nSPS) is 12.6. The highest BCUT2D eigenvalue weighted by Crippen LogP contribution is 2.20. The number of hydrogen-bond donors (Lipinski definition) is 2. The SMILES string of the molecule is OCCCC(O)c1ccnn1-c1ccccc1. The number of aromatic nitrogens is 2. The maximum absolute atomic E-state index is 10.0. The molecule has 4 nitrogen and oxygen atoms in total.